The highest BCUT2D eigenvalue weighted by Crippen LogP contribution is 2.33. The van der Waals surface area contributed by atoms with E-state index in [1.54, 1.807) is 18.2 Å². The van der Waals surface area contributed by atoms with Gasteiger partial charge in [0.1, 0.15) is 5.82 Å². The molecule has 1 heterocycles. The number of aliphatic carboxylic acids is 1. The predicted molar refractivity (Wildman–Crippen MR) is 71.0 cm³/mol. The monoisotopic (exact) mass is 299 g/mol. The minimum atomic E-state index is -1.13. The minimum absolute atomic E-state index is 0.0340. The number of hydrogen-bond donors (Lipinski definition) is 1. The van der Waals surface area contributed by atoms with Gasteiger partial charge in [0.05, 0.1) is 12.6 Å². The number of aromatic nitrogens is 1. The molecule has 0 atom stereocenters. The summed E-state index contributed by atoms with van der Waals surface area (Å²) in [5.41, 5.74) is 0.819. The molecule has 2 aromatic rings. The Balaban J connectivity index is 2.64. The second-order valence-electron chi connectivity index (χ2n) is 3.84. The number of carboxylic acids is 1. The molecule has 0 aliphatic carbocycles. The van der Waals surface area contributed by atoms with Crippen LogP contribution in [-0.4, -0.2) is 16.1 Å². The maximum Gasteiger partial charge on any atom is 0.307 e. The van der Waals surface area contributed by atoms with Crippen molar-refractivity contribution in [3.8, 4) is 11.1 Å². The highest BCUT2D eigenvalue weighted by molar-refractivity contribution is 6.35. The Bertz CT molecular complexity index is 647. The van der Waals surface area contributed by atoms with Crippen molar-refractivity contribution in [1.82, 2.24) is 4.98 Å². The van der Waals surface area contributed by atoms with Gasteiger partial charge >= 0.3 is 5.97 Å². The van der Waals surface area contributed by atoms with Crippen molar-refractivity contribution in [3.63, 3.8) is 0 Å². The van der Waals surface area contributed by atoms with Crippen LogP contribution in [0.25, 0.3) is 11.1 Å². The molecule has 0 bridgehead atoms. The number of benzene rings is 1. The number of carbonyl (C=O) groups is 1. The smallest absolute Gasteiger partial charge is 0.307 e. The summed E-state index contributed by atoms with van der Waals surface area (Å²) >= 11 is 11.9. The number of nitrogens with zero attached hydrogens (tertiary/aromatic N) is 1. The number of halogens is 3. The zero-order chi connectivity index (χ0) is 14.0. The van der Waals surface area contributed by atoms with E-state index >= 15 is 0 Å². The van der Waals surface area contributed by atoms with Crippen LogP contribution < -0.4 is 0 Å². The van der Waals surface area contributed by atoms with Crippen LogP contribution in [0.5, 0.6) is 0 Å². The number of hydrogen-bond acceptors (Lipinski definition) is 2. The first-order valence-corrected chi connectivity index (χ1v) is 6.04. The summed E-state index contributed by atoms with van der Waals surface area (Å²) in [5.74, 6) is -1.82. The standard InChI is InChI=1S/C13H8Cl2FNO2/c14-7-1-2-11(15)8(3-7)10-5-17-6-12(16)9(10)4-13(18)19/h1-3,5-6H,4H2,(H,18,19). The summed E-state index contributed by atoms with van der Waals surface area (Å²) in [4.78, 5) is 14.5. The third kappa shape index (κ3) is 3.03. The zero-order valence-electron chi connectivity index (χ0n) is 9.53. The van der Waals surface area contributed by atoms with Crippen molar-refractivity contribution >= 4 is 29.2 Å². The van der Waals surface area contributed by atoms with Gasteiger partial charge in [0, 0.05) is 32.9 Å². The fourth-order valence-corrected chi connectivity index (χ4v) is 2.12. The molecule has 1 aromatic carbocycles. The first-order valence-electron chi connectivity index (χ1n) is 5.28. The first kappa shape index (κ1) is 13.8. The van der Waals surface area contributed by atoms with Crippen molar-refractivity contribution in [2.75, 3.05) is 0 Å². The Hall–Kier alpha value is -1.65. The quantitative estimate of drug-likeness (QED) is 0.937. The Morgan fingerprint density at radius 2 is 2.00 bits per heavy atom. The molecule has 1 aromatic heterocycles. The van der Waals surface area contributed by atoms with E-state index in [4.69, 9.17) is 28.3 Å². The molecule has 3 nitrogen and oxygen atoms in total. The van der Waals surface area contributed by atoms with E-state index in [0.717, 1.165) is 6.20 Å². The van der Waals surface area contributed by atoms with E-state index in [1.165, 1.54) is 6.20 Å². The van der Waals surface area contributed by atoms with Crippen molar-refractivity contribution in [1.29, 1.82) is 0 Å². The Morgan fingerprint density at radius 1 is 1.26 bits per heavy atom. The lowest BCUT2D eigenvalue weighted by Gasteiger charge is -2.10. The van der Waals surface area contributed by atoms with Crippen LogP contribution in [0.1, 0.15) is 5.56 Å². The summed E-state index contributed by atoms with van der Waals surface area (Å²) in [6.45, 7) is 0. The van der Waals surface area contributed by atoms with E-state index in [0.29, 0.717) is 21.2 Å². The third-order valence-electron chi connectivity index (χ3n) is 2.55. The van der Waals surface area contributed by atoms with E-state index < -0.39 is 18.2 Å². The van der Waals surface area contributed by atoms with Crippen molar-refractivity contribution in [2.45, 2.75) is 6.42 Å². The van der Waals surface area contributed by atoms with Crippen molar-refractivity contribution in [2.24, 2.45) is 0 Å². The van der Waals surface area contributed by atoms with Gasteiger partial charge in [-0.3, -0.25) is 9.78 Å². The number of carboxylic acid groups (broad SMARTS) is 1. The van der Waals surface area contributed by atoms with Crippen molar-refractivity contribution < 1.29 is 14.3 Å². The second-order valence-corrected chi connectivity index (χ2v) is 4.69. The van der Waals surface area contributed by atoms with E-state index in [2.05, 4.69) is 4.98 Å². The molecule has 0 saturated carbocycles. The van der Waals surface area contributed by atoms with E-state index in [9.17, 15) is 9.18 Å². The van der Waals surface area contributed by atoms with Gasteiger partial charge in [-0.05, 0) is 18.2 Å². The summed E-state index contributed by atoms with van der Waals surface area (Å²) in [7, 11) is 0. The molecule has 1 N–H and O–H groups in total. The summed E-state index contributed by atoms with van der Waals surface area (Å²) in [5, 5.41) is 9.61. The van der Waals surface area contributed by atoms with Crippen LogP contribution in [0.3, 0.4) is 0 Å². The van der Waals surface area contributed by atoms with Gasteiger partial charge in [-0.2, -0.15) is 0 Å². The Labute approximate surface area is 118 Å². The molecule has 0 unspecified atom stereocenters. The molecule has 19 heavy (non-hydrogen) atoms. The molecular formula is C13H8Cl2FNO2. The molecule has 0 saturated heterocycles. The Morgan fingerprint density at radius 3 is 2.68 bits per heavy atom. The van der Waals surface area contributed by atoms with Crippen LogP contribution in [0.2, 0.25) is 10.0 Å². The van der Waals surface area contributed by atoms with Gasteiger partial charge in [-0.1, -0.05) is 23.2 Å². The van der Waals surface area contributed by atoms with Crippen LogP contribution in [0.4, 0.5) is 4.39 Å². The summed E-state index contributed by atoms with van der Waals surface area (Å²) in [6.07, 6.45) is 1.89. The molecular weight excluding hydrogens is 292 g/mol. The predicted octanol–water partition coefficient (Wildman–Crippen LogP) is 3.82. The second kappa shape index (κ2) is 5.55. The summed E-state index contributed by atoms with van der Waals surface area (Å²) < 4.78 is 13.7. The van der Waals surface area contributed by atoms with Gasteiger partial charge < -0.3 is 5.11 Å². The zero-order valence-corrected chi connectivity index (χ0v) is 11.0. The lowest BCUT2D eigenvalue weighted by Crippen LogP contribution is -2.05. The molecule has 0 aliphatic heterocycles. The average Bonchev–Trinajstić information content (AvgIpc) is 2.34. The largest absolute Gasteiger partial charge is 0.481 e. The maximum atomic E-state index is 13.7. The molecule has 0 fully saturated rings. The normalized spacial score (nSPS) is 10.5. The van der Waals surface area contributed by atoms with Gasteiger partial charge in [0.15, 0.2) is 0 Å². The van der Waals surface area contributed by atoms with Crippen LogP contribution >= 0.6 is 23.2 Å². The van der Waals surface area contributed by atoms with Crippen LogP contribution in [0.15, 0.2) is 30.6 Å². The van der Waals surface area contributed by atoms with Crippen LogP contribution in [0, 0.1) is 5.82 Å². The average molecular weight is 300 g/mol. The maximum absolute atomic E-state index is 13.7. The molecule has 0 amide bonds. The number of rotatable bonds is 3. The van der Waals surface area contributed by atoms with Gasteiger partial charge in [-0.15, -0.1) is 0 Å². The summed E-state index contributed by atoms with van der Waals surface area (Å²) in [6, 6.07) is 4.71. The number of pyridine rings is 1. The Kier molecular flexibility index (Phi) is 4.02. The van der Waals surface area contributed by atoms with Crippen LogP contribution in [-0.2, 0) is 11.2 Å². The minimum Gasteiger partial charge on any atom is -0.481 e. The van der Waals surface area contributed by atoms with E-state index in [-0.39, 0.29) is 5.56 Å². The van der Waals surface area contributed by atoms with Gasteiger partial charge in [-0.25, -0.2) is 4.39 Å². The third-order valence-corrected chi connectivity index (χ3v) is 3.12. The molecule has 6 heteroatoms. The fraction of sp³-hybridized carbons (Fsp3) is 0.0769. The molecule has 0 spiro atoms. The topological polar surface area (TPSA) is 50.2 Å². The lowest BCUT2D eigenvalue weighted by atomic mass is 9.99. The van der Waals surface area contributed by atoms with E-state index in [1.807, 2.05) is 0 Å². The molecule has 0 aliphatic rings. The molecule has 2 rings (SSSR count). The molecule has 0 radical (unpaired) electrons. The van der Waals surface area contributed by atoms with Gasteiger partial charge in [0.2, 0.25) is 0 Å². The fourth-order valence-electron chi connectivity index (χ4n) is 1.73. The molecule has 98 valence electrons. The lowest BCUT2D eigenvalue weighted by molar-refractivity contribution is -0.136. The van der Waals surface area contributed by atoms with Crippen molar-refractivity contribution in [3.05, 3.63) is 52.0 Å². The highest BCUT2D eigenvalue weighted by Gasteiger charge is 2.16. The van der Waals surface area contributed by atoms with Gasteiger partial charge in [0.25, 0.3) is 0 Å². The first-order chi connectivity index (χ1) is 8.99. The SMILES string of the molecule is O=C(O)Cc1c(F)cncc1-c1cc(Cl)ccc1Cl. The highest BCUT2D eigenvalue weighted by atomic mass is 35.5.